The average molecular weight is 672 g/mol. The van der Waals surface area contributed by atoms with Crippen LogP contribution in [0.5, 0.6) is 0 Å². The van der Waals surface area contributed by atoms with Crippen molar-refractivity contribution in [1.82, 2.24) is 0 Å². The van der Waals surface area contributed by atoms with Crippen LogP contribution in [0.2, 0.25) is 0 Å². The van der Waals surface area contributed by atoms with Gasteiger partial charge in [0.2, 0.25) is 0 Å². The molecule has 0 radical (unpaired) electrons. The molecule has 0 saturated heterocycles. The number of carbonyl (C=O) groups is 2. The molecule has 48 heavy (non-hydrogen) atoms. The molecule has 1 aromatic rings. The number of hydrogen-bond donors (Lipinski definition) is 1. The van der Waals surface area contributed by atoms with Crippen LogP contribution in [-0.4, -0.2) is 31.2 Å². The van der Waals surface area contributed by atoms with Crippen LogP contribution in [0.15, 0.2) is 30.3 Å². The summed E-state index contributed by atoms with van der Waals surface area (Å²) in [7, 11) is 0. The second-order valence-electron chi connectivity index (χ2n) is 14.2. The van der Waals surface area contributed by atoms with Gasteiger partial charge in [0, 0.05) is 18.5 Å². The normalized spacial score (nSPS) is 11.8. The monoisotopic (exact) mass is 672 g/mol. The fourth-order valence-electron chi connectivity index (χ4n) is 6.35. The van der Waals surface area contributed by atoms with Gasteiger partial charge >= 0.3 is 11.9 Å². The molecule has 0 aliphatic rings. The Balaban J connectivity index is 2.13. The summed E-state index contributed by atoms with van der Waals surface area (Å²) in [4.78, 5) is 25.1. The Morgan fingerprint density at radius 2 is 0.854 bits per heavy atom. The fourth-order valence-corrected chi connectivity index (χ4v) is 6.35. The molecule has 0 spiro atoms. The van der Waals surface area contributed by atoms with Crippen molar-refractivity contribution in [2.24, 2.45) is 0 Å². The van der Waals surface area contributed by atoms with Crippen molar-refractivity contribution in [3.63, 3.8) is 0 Å². The number of benzene rings is 1. The zero-order valence-corrected chi connectivity index (χ0v) is 31.7. The minimum Gasteiger partial charge on any atom is -0.462 e. The van der Waals surface area contributed by atoms with Crippen LogP contribution in [0.4, 0.5) is 5.69 Å². The molecule has 0 aromatic heterocycles. The molecule has 1 N–H and O–H groups in total. The predicted octanol–water partition coefficient (Wildman–Crippen LogP) is 13.3. The molecular formula is C43H77NO4. The quantitative estimate of drug-likeness (QED) is 0.0568. The van der Waals surface area contributed by atoms with Gasteiger partial charge in [-0.25, -0.2) is 0 Å². The number of rotatable bonds is 36. The van der Waals surface area contributed by atoms with E-state index >= 15 is 0 Å². The third kappa shape index (κ3) is 30.1. The minimum atomic E-state index is -0.496. The van der Waals surface area contributed by atoms with E-state index in [9.17, 15) is 9.59 Å². The number of ether oxygens (including phenoxy) is 2. The van der Waals surface area contributed by atoms with E-state index in [0.717, 1.165) is 31.4 Å². The number of unbranched alkanes of at least 4 members (excludes halogenated alkanes) is 26. The summed E-state index contributed by atoms with van der Waals surface area (Å²) in [6, 6.07) is 9.87. The van der Waals surface area contributed by atoms with Crippen LogP contribution in [0.25, 0.3) is 0 Å². The van der Waals surface area contributed by atoms with E-state index in [1.165, 1.54) is 154 Å². The van der Waals surface area contributed by atoms with Crippen LogP contribution in [0.3, 0.4) is 0 Å². The highest BCUT2D eigenvalue weighted by molar-refractivity contribution is 5.70. The van der Waals surface area contributed by atoms with E-state index in [4.69, 9.17) is 9.47 Å². The van der Waals surface area contributed by atoms with Gasteiger partial charge in [-0.3, -0.25) is 9.59 Å². The number of nitrogens with one attached hydrogen (secondary N) is 1. The lowest BCUT2D eigenvalue weighted by Gasteiger charge is -2.19. The zero-order chi connectivity index (χ0) is 34.6. The van der Waals surface area contributed by atoms with Crippen LogP contribution in [0, 0.1) is 0 Å². The maximum atomic E-state index is 12.7. The maximum Gasteiger partial charge on any atom is 0.306 e. The molecule has 1 unspecified atom stereocenters. The Bertz CT molecular complexity index is 829. The summed E-state index contributed by atoms with van der Waals surface area (Å²) in [5.41, 5.74) is 0.958. The summed E-state index contributed by atoms with van der Waals surface area (Å²) in [6.45, 7) is 5.06. The van der Waals surface area contributed by atoms with Gasteiger partial charge in [-0.15, -0.1) is 0 Å². The topological polar surface area (TPSA) is 64.6 Å². The number of hydrogen-bond acceptors (Lipinski definition) is 5. The van der Waals surface area contributed by atoms with Crippen LogP contribution < -0.4 is 5.32 Å². The van der Waals surface area contributed by atoms with Crippen LogP contribution in [-0.2, 0) is 19.1 Å². The van der Waals surface area contributed by atoms with Gasteiger partial charge in [-0.2, -0.15) is 0 Å². The molecule has 0 aliphatic heterocycles. The lowest BCUT2D eigenvalue weighted by Crippen LogP contribution is -2.31. The Hall–Kier alpha value is -2.04. The molecule has 5 nitrogen and oxygen atoms in total. The first kappa shape index (κ1) is 44.0. The molecule has 5 heteroatoms. The number of anilines is 1. The SMILES string of the molecule is CCCCCCCCCCCCCCCCC(=O)OCC(CNc1ccccc1)OC(=O)CCCCCCCCCCCCCCCC. The summed E-state index contributed by atoms with van der Waals surface area (Å²) >= 11 is 0. The van der Waals surface area contributed by atoms with Crippen molar-refractivity contribution in [1.29, 1.82) is 0 Å². The van der Waals surface area contributed by atoms with Crippen molar-refractivity contribution in [2.45, 2.75) is 213 Å². The van der Waals surface area contributed by atoms with Crippen molar-refractivity contribution in [3.05, 3.63) is 30.3 Å². The molecule has 1 aromatic carbocycles. The first-order chi connectivity index (χ1) is 23.7. The lowest BCUT2D eigenvalue weighted by atomic mass is 10.0. The van der Waals surface area contributed by atoms with E-state index in [1.54, 1.807) is 0 Å². The van der Waals surface area contributed by atoms with Gasteiger partial charge in [0.1, 0.15) is 6.61 Å². The molecule has 1 atom stereocenters. The number of esters is 2. The smallest absolute Gasteiger partial charge is 0.306 e. The molecule has 0 saturated carbocycles. The highest BCUT2D eigenvalue weighted by atomic mass is 16.6. The zero-order valence-electron chi connectivity index (χ0n) is 31.7. The summed E-state index contributed by atoms with van der Waals surface area (Å²) in [6.07, 6.45) is 36.5. The Morgan fingerprint density at radius 1 is 0.500 bits per heavy atom. The first-order valence-corrected chi connectivity index (χ1v) is 20.8. The van der Waals surface area contributed by atoms with Crippen molar-refractivity contribution in [3.8, 4) is 0 Å². The molecule has 0 fully saturated rings. The van der Waals surface area contributed by atoms with E-state index in [0.29, 0.717) is 19.4 Å². The second-order valence-corrected chi connectivity index (χ2v) is 14.2. The van der Waals surface area contributed by atoms with Crippen molar-refractivity contribution in [2.75, 3.05) is 18.5 Å². The van der Waals surface area contributed by atoms with Crippen molar-refractivity contribution >= 4 is 17.6 Å². The molecule has 278 valence electrons. The van der Waals surface area contributed by atoms with E-state index in [-0.39, 0.29) is 18.5 Å². The Morgan fingerprint density at radius 3 is 1.25 bits per heavy atom. The third-order valence-electron chi connectivity index (χ3n) is 9.50. The molecule has 0 amide bonds. The molecule has 0 bridgehead atoms. The van der Waals surface area contributed by atoms with Gasteiger partial charge in [-0.05, 0) is 25.0 Å². The van der Waals surface area contributed by atoms with Gasteiger partial charge in [0.15, 0.2) is 6.10 Å². The van der Waals surface area contributed by atoms with Gasteiger partial charge in [0.25, 0.3) is 0 Å². The fraction of sp³-hybridized carbons (Fsp3) is 0.814. The summed E-state index contributed by atoms with van der Waals surface area (Å²) in [5, 5.41) is 3.32. The molecule has 0 aliphatic carbocycles. The Kier molecular flexibility index (Phi) is 31.9. The van der Waals surface area contributed by atoms with Crippen molar-refractivity contribution < 1.29 is 19.1 Å². The van der Waals surface area contributed by atoms with E-state index < -0.39 is 6.10 Å². The van der Waals surface area contributed by atoms with Crippen LogP contribution >= 0.6 is 0 Å². The maximum absolute atomic E-state index is 12.7. The molecule has 1 rings (SSSR count). The number of para-hydroxylation sites is 1. The summed E-state index contributed by atoms with van der Waals surface area (Å²) in [5.74, 6) is -0.390. The largest absolute Gasteiger partial charge is 0.462 e. The molecular weight excluding hydrogens is 594 g/mol. The second kappa shape index (κ2) is 34.8. The third-order valence-corrected chi connectivity index (χ3v) is 9.50. The summed E-state index contributed by atoms with van der Waals surface area (Å²) < 4.78 is 11.4. The lowest BCUT2D eigenvalue weighted by molar-refractivity contribution is -0.158. The Labute approximate surface area is 297 Å². The number of carbonyl (C=O) groups excluding carboxylic acids is 2. The van der Waals surface area contributed by atoms with E-state index in [2.05, 4.69) is 19.2 Å². The highest BCUT2D eigenvalue weighted by Gasteiger charge is 2.17. The van der Waals surface area contributed by atoms with Gasteiger partial charge < -0.3 is 14.8 Å². The van der Waals surface area contributed by atoms with Gasteiger partial charge in [0.05, 0.1) is 6.54 Å². The first-order valence-electron chi connectivity index (χ1n) is 20.8. The minimum absolute atomic E-state index is 0.0990. The van der Waals surface area contributed by atoms with Gasteiger partial charge in [-0.1, -0.05) is 199 Å². The average Bonchev–Trinajstić information content (AvgIpc) is 3.10. The highest BCUT2D eigenvalue weighted by Crippen LogP contribution is 2.16. The standard InChI is InChI=1S/C43H77NO4/c1-3-5-7-9-11-13-15-17-19-21-23-25-27-32-36-42(45)47-39-41(38-44-40-34-30-29-31-35-40)48-43(46)37-33-28-26-24-22-20-18-16-14-12-10-8-6-4-2/h29-31,34-35,41,44H,3-28,32-33,36-39H2,1-2H3. The van der Waals surface area contributed by atoms with E-state index in [1.807, 2.05) is 30.3 Å². The van der Waals surface area contributed by atoms with Crippen LogP contribution in [0.1, 0.15) is 206 Å². The molecule has 0 heterocycles. The predicted molar refractivity (Wildman–Crippen MR) is 206 cm³/mol.